The van der Waals surface area contributed by atoms with E-state index in [2.05, 4.69) is 4.98 Å². The first-order valence-corrected chi connectivity index (χ1v) is 10.0. The van der Waals surface area contributed by atoms with Crippen LogP contribution in [0.2, 0.25) is 0 Å². The van der Waals surface area contributed by atoms with E-state index in [4.69, 9.17) is 9.15 Å². The van der Waals surface area contributed by atoms with Gasteiger partial charge in [-0.15, -0.1) is 0 Å². The molecule has 0 radical (unpaired) electrons. The Morgan fingerprint density at radius 1 is 1.25 bits per heavy atom. The molecule has 1 aliphatic heterocycles. The highest BCUT2D eigenvalue weighted by Crippen LogP contribution is 2.40. The monoisotopic (exact) mass is 439 g/mol. The number of benzene rings is 1. The topological polar surface area (TPSA) is 97.8 Å². The van der Waals surface area contributed by atoms with Crippen molar-refractivity contribution in [3.63, 3.8) is 0 Å². The Morgan fingerprint density at radius 2 is 2.06 bits per heavy atom. The van der Waals surface area contributed by atoms with Crippen LogP contribution in [0.25, 0.3) is 5.76 Å². The fraction of sp³-hybridized carbons (Fsp3) is 0.261. The zero-order chi connectivity index (χ0) is 22.8. The minimum absolute atomic E-state index is 0.000266. The lowest BCUT2D eigenvalue weighted by atomic mass is 9.99. The molecular formula is C23H22FN3O5. The molecule has 1 unspecified atom stereocenters. The molecule has 1 fully saturated rings. The first-order valence-electron chi connectivity index (χ1n) is 10.0. The molecular weight excluding hydrogens is 417 g/mol. The molecule has 1 atom stereocenters. The maximum Gasteiger partial charge on any atom is 0.295 e. The van der Waals surface area contributed by atoms with Crippen LogP contribution >= 0.6 is 0 Å². The average molecular weight is 439 g/mol. The quantitative estimate of drug-likeness (QED) is 0.344. The van der Waals surface area contributed by atoms with Gasteiger partial charge in [0.25, 0.3) is 11.7 Å². The van der Waals surface area contributed by atoms with Crippen molar-refractivity contribution in [2.45, 2.75) is 25.9 Å². The van der Waals surface area contributed by atoms with Gasteiger partial charge in [-0.05, 0) is 43.7 Å². The second kappa shape index (κ2) is 8.70. The Kier molecular flexibility index (Phi) is 5.81. The molecule has 0 aliphatic carbocycles. The number of rotatable bonds is 7. The van der Waals surface area contributed by atoms with Gasteiger partial charge in [0.15, 0.2) is 11.6 Å². The van der Waals surface area contributed by atoms with E-state index in [9.17, 15) is 19.1 Å². The Hall–Kier alpha value is -3.88. The van der Waals surface area contributed by atoms with Gasteiger partial charge in [0.05, 0.1) is 19.0 Å². The summed E-state index contributed by atoms with van der Waals surface area (Å²) in [6.07, 6.45) is 5.68. The lowest BCUT2D eigenvalue weighted by molar-refractivity contribution is -0.140. The molecule has 32 heavy (non-hydrogen) atoms. The number of hydrogen-bond donors (Lipinski definition) is 1. The molecule has 1 aliphatic rings. The Bertz CT molecular complexity index is 1180. The molecule has 8 nitrogen and oxygen atoms in total. The van der Waals surface area contributed by atoms with Gasteiger partial charge in [0.2, 0.25) is 0 Å². The summed E-state index contributed by atoms with van der Waals surface area (Å²) in [6.45, 7) is 2.59. The van der Waals surface area contributed by atoms with Crippen LogP contribution in [0.3, 0.4) is 0 Å². The van der Waals surface area contributed by atoms with Gasteiger partial charge in [-0.3, -0.25) is 9.59 Å². The molecule has 1 amide bonds. The average Bonchev–Trinajstić information content (AvgIpc) is 3.50. The van der Waals surface area contributed by atoms with Crippen LogP contribution in [0.15, 0.2) is 59.0 Å². The number of carbonyl (C=O) groups excluding carboxylic acids is 2. The van der Waals surface area contributed by atoms with E-state index >= 15 is 0 Å². The number of halogens is 1. The number of Topliss-reactive ketones (excluding diaryl/α,β-unsaturated/α-hetero) is 1. The van der Waals surface area contributed by atoms with Crippen LogP contribution in [0.4, 0.5) is 4.39 Å². The summed E-state index contributed by atoms with van der Waals surface area (Å²) in [5.74, 6) is -1.82. The van der Waals surface area contributed by atoms with Crippen LogP contribution in [-0.4, -0.2) is 44.9 Å². The number of hydrogen-bond acceptors (Lipinski definition) is 6. The second-order valence-electron chi connectivity index (χ2n) is 7.44. The van der Waals surface area contributed by atoms with Crippen LogP contribution in [0.5, 0.6) is 5.75 Å². The van der Waals surface area contributed by atoms with Crippen LogP contribution in [-0.2, 0) is 16.1 Å². The third-order valence-electron chi connectivity index (χ3n) is 5.37. The Labute approximate surface area is 183 Å². The van der Waals surface area contributed by atoms with Crippen molar-refractivity contribution in [3.8, 4) is 5.75 Å². The summed E-state index contributed by atoms with van der Waals surface area (Å²) in [4.78, 5) is 31.2. The Morgan fingerprint density at radius 3 is 2.69 bits per heavy atom. The molecule has 0 saturated carbocycles. The highest BCUT2D eigenvalue weighted by molar-refractivity contribution is 6.46. The van der Waals surface area contributed by atoms with Crippen molar-refractivity contribution in [1.82, 2.24) is 14.5 Å². The highest BCUT2D eigenvalue weighted by atomic mass is 19.1. The minimum atomic E-state index is -0.920. The van der Waals surface area contributed by atoms with Crippen molar-refractivity contribution < 1.29 is 28.2 Å². The standard InChI is InChI=1S/C23H22FN3O5/c1-14-4-6-18(32-14)20-19(21(28)15-5-7-17(31-2)16(24)12-15)22(29)23(30)27(20)10-3-9-26-11-8-25-13-26/h4-8,11-13,20,28H,3,9-10H2,1-2H3. The predicted molar refractivity (Wildman–Crippen MR) is 112 cm³/mol. The van der Waals surface area contributed by atoms with Crippen molar-refractivity contribution in [2.75, 3.05) is 13.7 Å². The fourth-order valence-electron chi connectivity index (χ4n) is 3.82. The van der Waals surface area contributed by atoms with Gasteiger partial charge in [-0.1, -0.05) is 0 Å². The van der Waals surface area contributed by atoms with Crippen molar-refractivity contribution in [3.05, 3.63) is 77.5 Å². The SMILES string of the molecule is COc1ccc(C(O)=C2C(=O)C(=O)N(CCCn3ccnc3)C2c2ccc(C)o2)cc1F. The van der Waals surface area contributed by atoms with E-state index in [0.29, 0.717) is 24.5 Å². The molecule has 9 heteroatoms. The maximum atomic E-state index is 14.2. The molecule has 166 valence electrons. The largest absolute Gasteiger partial charge is 0.507 e. The summed E-state index contributed by atoms with van der Waals surface area (Å²) in [5.41, 5.74) is -0.0791. The summed E-state index contributed by atoms with van der Waals surface area (Å²) in [6, 6.07) is 6.29. The number of ether oxygens (including phenoxy) is 1. The number of aromatic nitrogens is 2. The molecule has 1 N–H and O–H groups in total. The van der Waals surface area contributed by atoms with Crippen molar-refractivity contribution in [2.24, 2.45) is 0 Å². The number of methoxy groups -OCH3 is 1. The normalized spacial score (nSPS) is 17.8. The lowest BCUT2D eigenvalue weighted by Gasteiger charge is -2.23. The molecule has 0 bridgehead atoms. The van der Waals surface area contributed by atoms with Crippen LogP contribution in [0.1, 0.15) is 29.5 Å². The summed E-state index contributed by atoms with van der Waals surface area (Å²) in [7, 11) is 1.33. The van der Waals surface area contributed by atoms with E-state index < -0.39 is 29.3 Å². The molecule has 3 aromatic rings. The van der Waals surface area contributed by atoms with E-state index in [-0.39, 0.29) is 23.4 Å². The number of imidazole rings is 1. The zero-order valence-corrected chi connectivity index (χ0v) is 17.6. The third kappa shape index (κ3) is 3.89. The van der Waals surface area contributed by atoms with E-state index in [1.54, 1.807) is 37.8 Å². The van der Waals surface area contributed by atoms with Crippen LogP contribution < -0.4 is 4.74 Å². The van der Waals surface area contributed by atoms with Gasteiger partial charge >= 0.3 is 0 Å². The van der Waals surface area contributed by atoms with Crippen molar-refractivity contribution in [1.29, 1.82) is 0 Å². The number of likely N-dealkylation sites (tertiary alicyclic amines) is 1. The van der Waals surface area contributed by atoms with Gasteiger partial charge in [0, 0.05) is 31.0 Å². The number of aliphatic hydroxyl groups is 1. The van der Waals surface area contributed by atoms with Gasteiger partial charge < -0.3 is 23.7 Å². The smallest absolute Gasteiger partial charge is 0.295 e. The number of nitrogens with zero attached hydrogens (tertiary/aromatic N) is 3. The summed E-state index contributed by atoms with van der Waals surface area (Å²) in [5, 5.41) is 10.9. The fourth-order valence-corrected chi connectivity index (χ4v) is 3.82. The van der Waals surface area contributed by atoms with E-state index in [0.717, 1.165) is 6.07 Å². The zero-order valence-electron chi connectivity index (χ0n) is 17.6. The third-order valence-corrected chi connectivity index (χ3v) is 5.37. The van der Waals surface area contributed by atoms with Crippen LogP contribution in [0, 0.1) is 12.7 Å². The van der Waals surface area contributed by atoms with Gasteiger partial charge in [-0.2, -0.15) is 0 Å². The highest BCUT2D eigenvalue weighted by Gasteiger charge is 2.47. The molecule has 3 heterocycles. The first-order chi connectivity index (χ1) is 15.4. The molecule has 4 rings (SSSR count). The number of ketones is 1. The number of amides is 1. The van der Waals surface area contributed by atoms with E-state index in [1.165, 1.54) is 24.1 Å². The number of carbonyl (C=O) groups is 2. The number of aryl methyl sites for hydroxylation is 2. The second-order valence-corrected chi connectivity index (χ2v) is 7.44. The molecule has 2 aromatic heterocycles. The Balaban J connectivity index is 1.72. The van der Waals surface area contributed by atoms with Crippen molar-refractivity contribution >= 4 is 17.4 Å². The summed E-state index contributed by atoms with van der Waals surface area (Å²) < 4.78 is 26.7. The molecule has 1 aromatic carbocycles. The molecule has 1 saturated heterocycles. The van der Waals surface area contributed by atoms with Gasteiger partial charge in [0.1, 0.15) is 23.3 Å². The predicted octanol–water partition coefficient (Wildman–Crippen LogP) is 3.44. The summed E-state index contributed by atoms with van der Waals surface area (Å²) >= 11 is 0. The number of furan rings is 1. The lowest BCUT2D eigenvalue weighted by Crippen LogP contribution is -2.31. The number of aliphatic hydroxyl groups excluding tert-OH is 1. The van der Waals surface area contributed by atoms with E-state index in [1.807, 2.05) is 4.57 Å². The maximum absolute atomic E-state index is 14.2. The van der Waals surface area contributed by atoms with Gasteiger partial charge in [-0.25, -0.2) is 9.37 Å². The minimum Gasteiger partial charge on any atom is -0.507 e. The first kappa shape index (κ1) is 21.4. The molecule has 0 spiro atoms.